The third-order valence-electron chi connectivity index (χ3n) is 2.22. The van der Waals surface area contributed by atoms with Crippen LogP contribution in [0.15, 0.2) is 24.4 Å². The summed E-state index contributed by atoms with van der Waals surface area (Å²) in [5, 5.41) is 0. The van der Waals surface area contributed by atoms with Crippen LogP contribution in [0.5, 0.6) is 0 Å². The highest BCUT2D eigenvalue weighted by Crippen LogP contribution is 2.14. The second kappa shape index (κ2) is 2.85. The van der Waals surface area contributed by atoms with E-state index in [0.717, 1.165) is 11.3 Å². The minimum Gasteiger partial charge on any atom is -0.323 e. The van der Waals surface area contributed by atoms with E-state index in [1.54, 1.807) is 0 Å². The van der Waals surface area contributed by atoms with Gasteiger partial charge in [0.1, 0.15) is 5.65 Å². The van der Waals surface area contributed by atoms with Crippen LogP contribution in [0.3, 0.4) is 0 Å². The highest BCUT2D eigenvalue weighted by Gasteiger charge is 2.07. The van der Waals surface area contributed by atoms with Crippen LogP contribution in [-0.2, 0) is 0 Å². The number of pyridine rings is 1. The molecule has 3 heteroatoms. The number of imidazole rings is 1. The van der Waals surface area contributed by atoms with Gasteiger partial charge in [-0.1, -0.05) is 6.07 Å². The molecular weight excluding hydrogens is 162 g/mol. The average molecular weight is 175 g/mol. The third-order valence-corrected chi connectivity index (χ3v) is 2.22. The fourth-order valence-electron chi connectivity index (χ4n) is 1.55. The Morgan fingerprint density at radius 1 is 1.46 bits per heavy atom. The lowest BCUT2D eigenvalue weighted by Crippen LogP contribution is -2.09. The van der Waals surface area contributed by atoms with Gasteiger partial charge in [0.05, 0.1) is 11.9 Å². The summed E-state index contributed by atoms with van der Waals surface area (Å²) in [5.74, 6) is 0. The molecule has 0 radical (unpaired) electrons. The van der Waals surface area contributed by atoms with Crippen LogP contribution < -0.4 is 5.73 Å². The number of fused-ring (bicyclic) bond motifs is 1. The van der Waals surface area contributed by atoms with Gasteiger partial charge in [-0.15, -0.1) is 0 Å². The number of nitrogens with zero attached hydrogens (tertiary/aromatic N) is 2. The number of hydrogen-bond donors (Lipinski definition) is 1. The number of hydrogen-bond acceptors (Lipinski definition) is 2. The van der Waals surface area contributed by atoms with Gasteiger partial charge in [0.15, 0.2) is 0 Å². The smallest absolute Gasteiger partial charge is 0.137 e. The van der Waals surface area contributed by atoms with E-state index in [1.807, 2.05) is 25.3 Å². The first-order chi connectivity index (χ1) is 6.20. The summed E-state index contributed by atoms with van der Waals surface area (Å²) in [6, 6.07) is 6.07. The van der Waals surface area contributed by atoms with E-state index in [9.17, 15) is 0 Å². The zero-order valence-electron chi connectivity index (χ0n) is 7.86. The van der Waals surface area contributed by atoms with Crippen molar-refractivity contribution in [2.24, 2.45) is 5.73 Å². The average Bonchev–Trinajstić information content (AvgIpc) is 2.49. The van der Waals surface area contributed by atoms with Crippen molar-refractivity contribution < 1.29 is 0 Å². The lowest BCUT2D eigenvalue weighted by atomic mass is 10.2. The standard InChI is InChI=1S/C10H13N3/c1-7-4-3-5-10-12-6-9(8(2)11)13(7)10/h3-6,8H,11H2,1-2H3. The Kier molecular flexibility index (Phi) is 1.81. The summed E-state index contributed by atoms with van der Waals surface area (Å²) < 4.78 is 2.09. The molecule has 0 saturated heterocycles. The zero-order chi connectivity index (χ0) is 9.42. The zero-order valence-corrected chi connectivity index (χ0v) is 7.86. The fourth-order valence-corrected chi connectivity index (χ4v) is 1.55. The molecule has 68 valence electrons. The molecule has 3 nitrogen and oxygen atoms in total. The van der Waals surface area contributed by atoms with E-state index in [4.69, 9.17) is 5.73 Å². The number of aryl methyl sites for hydroxylation is 1. The van der Waals surface area contributed by atoms with E-state index in [2.05, 4.69) is 22.4 Å². The molecule has 0 spiro atoms. The summed E-state index contributed by atoms with van der Waals surface area (Å²) >= 11 is 0. The summed E-state index contributed by atoms with van der Waals surface area (Å²) in [4.78, 5) is 4.28. The number of rotatable bonds is 1. The van der Waals surface area contributed by atoms with Crippen LogP contribution >= 0.6 is 0 Å². The molecule has 0 aliphatic heterocycles. The van der Waals surface area contributed by atoms with Crippen molar-refractivity contribution in [3.05, 3.63) is 35.8 Å². The van der Waals surface area contributed by atoms with Crippen LogP contribution in [0.2, 0.25) is 0 Å². The maximum atomic E-state index is 5.83. The molecule has 0 aromatic carbocycles. The van der Waals surface area contributed by atoms with E-state index in [1.165, 1.54) is 5.69 Å². The van der Waals surface area contributed by atoms with E-state index >= 15 is 0 Å². The maximum absolute atomic E-state index is 5.83. The molecule has 2 heterocycles. The minimum atomic E-state index is 0.0242. The van der Waals surface area contributed by atoms with Crippen molar-refractivity contribution >= 4 is 5.65 Å². The molecular formula is C10H13N3. The second-order valence-electron chi connectivity index (χ2n) is 3.33. The predicted octanol–water partition coefficient (Wildman–Crippen LogP) is 1.66. The fraction of sp³-hybridized carbons (Fsp3) is 0.300. The van der Waals surface area contributed by atoms with Crippen molar-refractivity contribution in [3.8, 4) is 0 Å². The van der Waals surface area contributed by atoms with Gasteiger partial charge < -0.3 is 5.73 Å². The molecule has 2 aromatic heterocycles. The van der Waals surface area contributed by atoms with Crippen LogP contribution in [-0.4, -0.2) is 9.38 Å². The SMILES string of the molecule is Cc1cccc2ncc(C(C)N)n12. The maximum Gasteiger partial charge on any atom is 0.137 e. The van der Waals surface area contributed by atoms with Crippen LogP contribution in [0.25, 0.3) is 5.65 Å². The van der Waals surface area contributed by atoms with Crippen molar-refractivity contribution in [1.29, 1.82) is 0 Å². The van der Waals surface area contributed by atoms with Crippen LogP contribution in [0.4, 0.5) is 0 Å². The number of nitrogens with two attached hydrogens (primary N) is 1. The van der Waals surface area contributed by atoms with Gasteiger partial charge in [0, 0.05) is 11.7 Å². The molecule has 0 amide bonds. The van der Waals surface area contributed by atoms with Gasteiger partial charge in [-0.3, -0.25) is 4.40 Å². The monoisotopic (exact) mass is 175 g/mol. The van der Waals surface area contributed by atoms with Crippen LogP contribution in [0.1, 0.15) is 24.4 Å². The predicted molar refractivity (Wildman–Crippen MR) is 52.5 cm³/mol. The molecule has 1 atom stereocenters. The molecule has 0 aliphatic rings. The first-order valence-electron chi connectivity index (χ1n) is 4.38. The lowest BCUT2D eigenvalue weighted by Gasteiger charge is -2.07. The molecule has 0 fully saturated rings. The lowest BCUT2D eigenvalue weighted by molar-refractivity contribution is 0.762. The van der Waals surface area contributed by atoms with Gasteiger partial charge in [0.25, 0.3) is 0 Å². The Bertz CT molecular complexity index is 429. The Hall–Kier alpha value is -1.35. The summed E-state index contributed by atoms with van der Waals surface area (Å²) in [7, 11) is 0. The van der Waals surface area contributed by atoms with Crippen molar-refractivity contribution in [2.45, 2.75) is 19.9 Å². The molecule has 2 rings (SSSR count). The van der Waals surface area contributed by atoms with E-state index in [-0.39, 0.29) is 6.04 Å². The number of aromatic nitrogens is 2. The highest BCUT2D eigenvalue weighted by molar-refractivity contribution is 5.42. The van der Waals surface area contributed by atoms with Gasteiger partial charge in [0.2, 0.25) is 0 Å². The summed E-state index contributed by atoms with van der Waals surface area (Å²) in [6.45, 7) is 4.02. The highest BCUT2D eigenvalue weighted by atomic mass is 15.0. The Morgan fingerprint density at radius 2 is 2.23 bits per heavy atom. The topological polar surface area (TPSA) is 43.3 Å². The molecule has 2 N–H and O–H groups in total. The largest absolute Gasteiger partial charge is 0.323 e. The van der Waals surface area contributed by atoms with E-state index in [0.29, 0.717) is 0 Å². The second-order valence-corrected chi connectivity index (χ2v) is 3.33. The molecule has 0 bridgehead atoms. The normalized spacial score (nSPS) is 13.5. The molecule has 1 unspecified atom stereocenters. The van der Waals surface area contributed by atoms with E-state index < -0.39 is 0 Å². The summed E-state index contributed by atoms with van der Waals surface area (Å²) in [6.07, 6.45) is 1.84. The first kappa shape index (κ1) is 8.26. The molecule has 0 aliphatic carbocycles. The summed E-state index contributed by atoms with van der Waals surface area (Å²) in [5.41, 5.74) is 9.03. The van der Waals surface area contributed by atoms with Gasteiger partial charge >= 0.3 is 0 Å². The van der Waals surface area contributed by atoms with Crippen molar-refractivity contribution in [1.82, 2.24) is 9.38 Å². The van der Waals surface area contributed by atoms with Crippen molar-refractivity contribution in [2.75, 3.05) is 0 Å². The van der Waals surface area contributed by atoms with Gasteiger partial charge in [-0.2, -0.15) is 0 Å². The molecule has 2 aromatic rings. The van der Waals surface area contributed by atoms with Gasteiger partial charge in [-0.05, 0) is 26.0 Å². The first-order valence-corrected chi connectivity index (χ1v) is 4.38. The molecule has 13 heavy (non-hydrogen) atoms. The van der Waals surface area contributed by atoms with Crippen LogP contribution in [0, 0.1) is 6.92 Å². The quantitative estimate of drug-likeness (QED) is 0.716. The van der Waals surface area contributed by atoms with Crippen molar-refractivity contribution in [3.63, 3.8) is 0 Å². The Labute approximate surface area is 77.2 Å². The Morgan fingerprint density at radius 3 is 2.92 bits per heavy atom. The minimum absolute atomic E-state index is 0.0242. The Balaban J connectivity index is 2.79. The van der Waals surface area contributed by atoms with Gasteiger partial charge in [-0.25, -0.2) is 4.98 Å². The molecule has 0 saturated carbocycles. The third kappa shape index (κ3) is 1.21.